The first-order valence-corrected chi connectivity index (χ1v) is 6.46. The Balaban J connectivity index is 2.70. The SMILES string of the molecule is CCN(Cc1ccc(F)c(F)c1)C(=O)C(N)CCOC. The third-order valence-corrected chi connectivity index (χ3v) is 3.00. The Morgan fingerprint density at radius 1 is 1.40 bits per heavy atom. The lowest BCUT2D eigenvalue weighted by atomic mass is 10.1. The summed E-state index contributed by atoms with van der Waals surface area (Å²) in [7, 11) is 1.54. The van der Waals surface area contributed by atoms with E-state index in [0.717, 1.165) is 12.1 Å². The number of ether oxygens (including phenoxy) is 1. The fourth-order valence-electron chi connectivity index (χ4n) is 1.81. The molecule has 0 aliphatic carbocycles. The molecule has 1 aromatic rings. The first-order chi connectivity index (χ1) is 9.49. The summed E-state index contributed by atoms with van der Waals surface area (Å²) in [6.07, 6.45) is 0.420. The number of hydrogen-bond acceptors (Lipinski definition) is 3. The lowest BCUT2D eigenvalue weighted by Gasteiger charge is -2.24. The maximum Gasteiger partial charge on any atom is 0.239 e. The van der Waals surface area contributed by atoms with Gasteiger partial charge < -0.3 is 15.4 Å². The Morgan fingerprint density at radius 2 is 2.10 bits per heavy atom. The van der Waals surface area contributed by atoms with E-state index in [4.69, 9.17) is 10.5 Å². The zero-order valence-corrected chi connectivity index (χ0v) is 11.7. The summed E-state index contributed by atoms with van der Waals surface area (Å²) in [5.41, 5.74) is 6.31. The number of nitrogens with two attached hydrogens (primary N) is 1. The fraction of sp³-hybridized carbons (Fsp3) is 0.500. The van der Waals surface area contributed by atoms with Gasteiger partial charge in [0.25, 0.3) is 0 Å². The molecule has 112 valence electrons. The fourth-order valence-corrected chi connectivity index (χ4v) is 1.81. The van der Waals surface area contributed by atoms with Crippen LogP contribution in [0.4, 0.5) is 8.78 Å². The standard InChI is InChI=1S/C14H20F2N2O2/c1-3-18(14(19)13(17)6-7-20-2)9-10-4-5-11(15)12(16)8-10/h4-5,8,13H,3,6-7,9,17H2,1-2H3. The van der Waals surface area contributed by atoms with Crippen molar-refractivity contribution in [3.63, 3.8) is 0 Å². The van der Waals surface area contributed by atoms with Gasteiger partial charge >= 0.3 is 0 Å². The maximum absolute atomic E-state index is 13.1. The minimum absolute atomic E-state index is 0.202. The molecule has 0 aromatic heterocycles. The third kappa shape index (κ3) is 4.54. The van der Waals surface area contributed by atoms with Gasteiger partial charge in [0.05, 0.1) is 6.04 Å². The van der Waals surface area contributed by atoms with Crippen LogP contribution in [0.25, 0.3) is 0 Å². The number of nitrogens with zero attached hydrogens (tertiary/aromatic N) is 1. The molecule has 0 saturated heterocycles. The first kappa shape index (κ1) is 16.5. The van der Waals surface area contributed by atoms with Gasteiger partial charge in [0.2, 0.25) is 5.91 Å². The molecule has 0 bridgehead atoms. The van der Waals surface area contributed by atoms with Crippen LogP contribution < -0.4 is 5.73 Å². The average Bonchev–Trinajstić information content (AvgIpc) is 2.45. The molecular formula is C14H20F2N2O2. The van der Waals surface area contributed by atoms with Gasteiger partial charge in [-0.2, -0.15) is 0 Å². The smallest absolute Gasteiger partial charge is 0.239 e. The van der Waals surface area contributed by atoms with Crippen molar-refractivity contribution in [1.82, 2.24) is 4.90 Å². The topological polar surface area (TPSA) is 55.6 Å². The number of carbonyl (C=O) groups excluding carboxylic acids is 1. The van der Waals surface area contributed by atoms with Gasteiger partial charge in [-0.05, 0) is 31.0 Å². The summed E-state index contributed by atoms with van der Waals surface area (Å²) in [4.78, 5) is 13.6. The maximum atomic E-state index is 13.1. The second-order valence-corrected chi connectivity index (χ2v) is 4.49. The largest absolute Gasteiger partial charge is 0.385 e. The van der Waals surface area contributed by atoms with Crippen molar-refractivity contribution in [3.05, 3.63) is 35.4 Å². The number of rotatable bonds is 7. The van der Waals surface area contributed by atoms with Crippen molar-refractivity contribution in [2.75, 3.05) is 20.3 Å². The Hall–Kier alpha value is -1.53. The van der Waals surface area contributed by atoms with E-state index in [1.54, 1.807) is 6.92 Å². The monoisotopic (exact) mass is 286 g/mol. The molecule has 1 aromatic carbocycles. The lowest BCUT2D eigenvalue weighted by Crippen LogP contribution is -2.43. The van der Waals surface area contributed by atoms with Crippen molar-refractivity contribution in [2.45, 2.75) is 25.9 Å². The van der Waals surface area contributed by atoms with Gasteiger partial charge in [0, 0.05) is 26.8 Å². The van der Waals surface area contributed by atoms with Crippen molar-refractivity contribution >= 4 is 5.91 Å². The molecule has 0 aliphatic rings. The second kappa shape index (κ2) is 7.91. The van der Waals surface area contributed by atoms with Crippen LogP contribution in [-0.2, 0) is 16.1 Å². The number of likely N-dealkylation sites (N-methyl/N-ethyl adjacent to an activating group) is 1. The molecule has 4 nitrogen and oxygen atoms in total. The molecular weight excluding hydrogens is 266 g/mol. The van der Waals surface area contributed by atoms with E-state index >= 15 is 0 Å². The molecule has 0 heterocycles. The highest BCUT2D eigenvalue weighted by molar-refractivity contribution is 5.81. The van der Waals surface area contributed by atoms with Crippen LogP contribution in [0, 0.1) is 11.6 Å². The number of hydrogen-bond donors (Lipinski definition) is 1. The normalized spacial score (nSPS) is 12.2. The van der Waals surface area contributed by atoms with Crippen molar-refractivity contribution in [2.24, 2.45) is 5.73 Å². The van der Waals surface area contributed by atoms with Gasteiger partial charge in [0.1, 0.15) is 0 Å². The summed E-state index contributed by atoms with van der Waals surface area (Å²) in [5, 5.41) is 0. The number of carbonyl (C=O) groups is 1. The van der Waals surface area contributed by atoms with Crippen molar-refractivity contribution < 1.29 is 18.3 Å². The molecule has 1 rings (SSSR count). The molecule has 20 heavy (non-hydrogen) atoms. The highest BCUT2D eigenvalue weighted by atomic mass is 19.2. The molecule has 0 fully saturated rings. The van der Waals surface area contributed by atoms with Crippen LogP contribution in [0.3, 0.4) is 0 Å². The average molecular weight is 286 g/mol. The van der Waals surface area contributed by atoms with Crippen LogP contribution in [0.2, 0.25) is 0 Å². The predicted molar refractivity (Wildman–Crippen MR) is 71.9 cm³/mol. The molecule has 6 heteroatoms. The van der Waals surface area contributed by atoms with Crippen molar-refractivity contribution in [1.29, 1.82) is 0 Å². The van der Waals surface area contributed by atoms with E-state index < -0.39 is 17.7 Å². The van der Waals surface area contributed by atoms with Gasteiger partial charge in [-0.3, -0.25) is 4.79 Å². The number of amides is 1. The molecule has 2 N–H and O–H groups in total. The highest BCUT2D eigenvalue weighted by Gasteiger charge is 2.20. The highest BCUT2D eigenvalue weighted by Crippen LogP contribution is 2.12. The second-order valence-electron chi connectivity index (χ2n) is 4.49. The van der Waals surface area contributed by atoms with Crippen LogP contribution >= 0.6 is 0 Å². The van der Waals surface area contributed by atoms with E-state index in [1.165, 1.54) is 18.1 Å². The molecule has 0 radical (unpaired) electrons. The van der Waals surface area contributed by atoms with Crippen LogP contribution in [0.1, 0.15) is 18.9 Å². The zero-order valence-electron chi connectivity index (χ0n) is 11.7. The van der Waals surface area contributed by atoms with Gasteiger partial charge in [0.15, 0.2) is 11.6 Å². The minimum atomic E-state index is -0.922. The molecule has 0 aliphatic heterocycles. The Labute approximate surface area is 117 Å². The lowest BCUT2D eigenvalue weighted by molar-refractivity contribution is -0.133. The number of halogens is 2. The molecule has 0 saturated carbocycles. The molecule has 1 unspecified atom stereocenters. The summed E-state index contributed by atoms with van der Waals surface area (Å²) < 4.78 is 30.9. The van der Waals surface area contributed by atoms with Crippen LogP contribution in [-0.4, -0.2) is 37.1 Å². The Morgan fingerprint density at radius 3 is 2.65 bits per heavy atom. The van der Waals surface area contributed by atoms with Crippen molar-refractivity contribution in [3.8, 4) is 0 Å². The third-order valence-electron chi connectivity index (χ3n) is 3.00. The quantitative estimate of drug-likeness (QED) is 0.829. The summed E-state index contributed by atoms with van der Waals surface area (Å²) in [6, 6.07) is 2.94. The van der Waals surface area contributed by atoms with E-state index in [9.17, 15) is 13.6 Å². The van der Waals surface area contributed by atoms with E-state index in [0.29, 0.717) is 25.1 Å². The van der Waals surface area contributed by atoms with E-state index in [-0.39, 0.29) is 12.5 Å². The summed E-state index contributed by atoms with van der Waals surface area (Å²) >= 11 is 0. The van der Waals surface area contributed by atoms with Gasteiger partial charge in [-0.25, -0.2) is 8.78 Å². The van der Waals surface area contributed by atoms with Gasteiger partial charge in [-0.1, -0.05) is 6.07 Å². The number of methoxy groups -OCH3 is 1. The molecule has 1 atom stereocenters. The Bertz CT molecular complexity index is 455. The van der Waals surface area contributed by atoms with E-state index in [1.807, 2.05) is 0 Å². The minimum Gasteiger partial charge on any atom is -0.385 e. The summed E-state index contributed by atoms with van der Waals surface area (Å²) in [6.45, 7) is 2.85. The van der Waals surface area contributed by atoms with E-state index in [2.05, 4.69) is 0 Å². The Kier molecular flexibility index (Phi) is 6.54. The molecule has 0 spiro atoms. The molecule has 1 amide bonds. The summed E-state index contributed by atoms with van der Waals surface area (Å²) in [5.74, 6) is -2.05. The van der Waals surface area contributed by atoms with Crippen LogP contribution in [0.15, 0.2) is 18.2 Å². The van der Waals surface area contributed by atoms with Crippen LogP contribution in [0.5, 0.6) is 0 Å². The van der Waals surface area contributed by atoms with Gasteiger partial charge in [-0.15, -0.1) is 0 Å². The zero-order chi connectivity index (χ0) is 15.1. The first-order valence-electron chi connectivity index (χ1n) is 6.46. The number of benzene rings is 1. The predicted octanol–water partition coefficient (Wildman–Crippen LogP) is 1.68.